The van der Waals surface area contributed by atoms with Crippen LogP contribution in [0.4, 0.5) is 11.4 Å². The maximum atomic E-state index is 12.8. The fourth-order valence-electron chi connectivity index (χ4n) is 3.47. The summed E-state index contributed by atoms with van der Waals surface area (Å²) in [6, 6.07) is 12.9. The summed E-state index contributed by atoms with van der Waals surface area (Å²) in [6.07, 6.45) is 0. The quantitative estimate of drug-likeness (QED) is 0.429. The van der Waals surface area contributed by atoms with Crippen molar-refractivity contribution in [2.24, 2.45) is 0 Å². The van der Waals surface area contributed by atoms with Crippen molar-refractivity contribution in [3.05, 3.63) is 59.7 Å². The van der Waals surface area contributed by atoms with Gasteiger partial charge in [-0.2, -0.15) is 0 Å². The summed E-state index contributed by atoms with van der Waals surface area (Å²) in [7, 11) is 8.88. The Bertz CT molecular complexity index is 1090. The molecule has 0 bridgehead atoms. The molecule has 10 heteroatoms. The second-order valence-corrected chi connectivity index (χ2v) is 7.31. The SMILES string of the molecule is COc1cc(C(=O)Nc2ccc(NC(=O)c3cc(OC)c(OC)c(OC)c3)cc2)cc(OC)c1OC. The Morgan fingerprint density at radius 3 is 1.00 bits per heavy atom. The number of rotatable bonds is 10. The van der Waals surface area contributed by atoms with Gasteiger partial charge >= 0.3 is 0 Å². The van der Waals surface area contributed by atoms with Gasteiger partial charge in [0.25, 0.3) is 11.8 Å². The van der Waals surface area contributed by atoms with Gasteiger partial charge in [-0.15, -0.1) is 0 Å². The van der Waals surface area contributed by atoms with E-state index in [2.05, 4.69) is 10.6 Å². The summed E-state index contributed by atoms with van der Waals surface area (Å²) in [5.74, 6) is 1.51. The van der Waals surface area contributed by atoms with E-state index in [9.17, 15) is 9.59 Å². The van der Waals surface area contributed by atoms with Crippen LogP contribution in [0.15, 0.2) is 48.5 Å². The number of ether oxygens (including phenoxy) is 6. The highest BCUT2D eigenvalue weighted by molar-refractivity contribution is 6.06. The van der Waals surface area contributed by atoms with Crippen molar-refractivity contribution in [1.82, 2.24) is 0 Å². The van der Waals surface area contributed by atoms with E-state index in [-0.39, 0.29) is 11.8 Å². The normalized spacial score (nSPS) is 10.2. The molecule has 3 aromatic rings. The summed E-state index contributed by atoms with van der Waals surface area (Å²) in [4.78, 5) is 25.6. The number of carbonyl (C=O) groups excluding carboxylic acids is 2. The van der Waals surface area contributed by atoms with Crippen LogP contribution in [0.25, 0.3) is 0 Å². The minimum Gasteiger partial charge on any atom is -0.493 e. The zero-order valence-electron chi connectivity index (χ0n) is 20.9. The van der Waals surface area contributed by atoms with E-state index in [1.807, 2.05) is 0 Å². The molecule has 3 rings (SSSR count). The van der Waals surface area contributed by atoms with Crippen molar-refractivity contribution in [2.75, 3.05) is 53.3 Å². The fraction of sp³-hybridized carbons (Fsp3) is 0.231. The van der Waals surface area contributed by atoms with E-state index in [0.29, 0.717) is 57.0 Å². The molecule has 36 heavy (non-hydrogen) atoms. The van der Waals surface area contributed by atoms with Crippen LogP contribution in [-0.4, -0.2) is 54.5 Å². The Labute approximate surface area is 209 Å². The van der Waals surface area contributed by atoms with Crippen molar-refractivity contribution in [2.45, 2.75) is 0 Å². The maximum Gasteiger partial charge on any atom is 0.255 e. The zero-order valence-corrected chi connectivity index (χ0v) is 20.9. The molecule has 0 aliphatic carbocycles. The first-order chi connectivity index (χ1) is 17.4. The van der Waals surface area contributed by atoms with Crippen molar-refractivity contribution in [1.29, 1.82) is 0 Å². The van der Waals surface area contributed by atoms with Crippen LogP contribution in [0.1, 0.15) is 20.7 Å². The molecular formula is C26H28N2O8. The van der Waals surface area contributed by atoms with Gasteiger partial charge in [-0.05, 0) is 48.5 Å². The molecular weight excluding hydrogens is 468 g/mol. The summed E-state index contributed by atoms with van der Waals surface area (Å²) >= 11 is 0. The molecule has 190 valence electrons. The average Bonchev–Trinajstić information content (AvgIpc) is 2.91. The van der Waals surface area contributed by atoms with Gasteiger partial charge in [-0.1, -0.05) is 0 Å². The highest BCUT2D eigenvalue weighted by Gasteiger charge is 2.18. The third-order valence-corrected chi connectivity index (χ3v) is 5.25. The lowest BCUT2D eigenvalue weighted by Gasteiger charge is -2.15. The second kappa shape index (κ2) is 11.7. The molecule has 0 aromatic heterocycles. The Morgan fingerprint density at radius 2 is 0.778 bits per heavy atom. The third kappa shape index (κ3) is 5.54. The molecule has 0 heterocycles. The molecule has 0 saturated heterocycles. The van der Waals surface area contributed by atoms with E-state index in [1.165, 1.54) is 42.7 Å². The molecule has 0 atom stereocenters. The second-order valence-electron chi connectivity index (χ2n) is 7.31. The predicted molar refractivity (Wildman–Crippen MR) is 135 cm³/mol. The van der Waals surface area contributed by atoms with Gasteiger partial charge < -0.3 is 39.1 Å². The zero-order chi connectivity index (χ0) is 26.2. The van der Waals surface area contributed by atoms with Gasteiger partial charge in [0.1, 0.15) is 0 Å². The number of benzene rings is 3. The van der Waals surface area contributed by atoms with E-state index >= 15 is 0 Å². The van der Waals surface area contributed by atoms with Gasteiger partial charge in [0.15, 0.2) is 23.0 Å². The average molecular weight is 497 g/mol. The standard InChI is InChI=1S/C26H28N2O8/c1-31-19-11-15(12-20(32-2)23(19)35-5)25(29)27-17-7-9-18(10-8-17)28-26(30)16-13-21(33-3)24(36-6)22(14-16)34-4/h7-14H,1-6H3,(H,27,29)(H,28,30). The minimum atomic E-state index is -0.372. The minimum absolute atomic E-state index is 0.323. The summed E-state index contributed by atoms with van der Waals surface area (Å²) in [5, 5.41) is 5.61. The molecule has 0 unspecified atom stereocenters. The van der Waals surface area contributed by atoms with Crippen molar-refractivity contribution >= 4 is 23.2 Å². The number of nitrogens with one attached hydrogen (secondary N) is 2. The van der Waals surface area contributed by atoms with Gasteiger partial charge in [0.05, 0.1) is 42.7 Å². The van der Waals surface area contributed by atoms with Gasteiger partial charge in [-0.25, -0.2) is 0 Å². The van der Waals surface area contributed by atoms with Gasteiger partial charge in [0, 0.05) is 22.5 Å². The molecule has 3 aromatic carbocycles. The number of anilines is 2. The fourth-order valence-corrected chi connectivity index (χ4v) is 3.47. The molecule has 2 amide bonds. The summed E-state index contributed by atoms with van der Waals surface area (Å²) in [6.45, 7) is 0. The number of hydrogen-bond donors (Lipinski definition) is 2. The highest BCUT2D eigenvalue weighted by Crippen LogP contribution is 2.39. The molecule has 0 aliphatic rings. The number of carbonyl (C=O) groups is 2. The smallest absolute Gasteiger partial charge is 0.255 e. The predicted octanol–water partition coefficient (Wildman–Crippen LogP) is 4.24. The Balaban J connectivity index is 1.74. The van der Waals surface area contributed by atoms with Gasteiger partial charge in [-0.3, -0.25) is 9.59 Å². The summed E-state index contributed by atoms with van der Waals surface area (Å²) < 4.78 is 31.8. The molecule has 0 fully saturated rings. The first-order valence-electron chi connectivity index (χ1n) is 10.7. The van der Waals surface area contributed by atoms with Crippen LogP contribution in [0, 0.1) is 0 Å². The monoisotopic (exact) mass is 496 g/mol. The molecule has 10 nitrogen and oxygen atoms in total. The van der Waals surface area contributed by atoms with Crippen LogP contribution in [-0.2, 0) is 0 Å². The van der Waals surface area contributed by atoms with E-state index in [1.54, 1.807) is 48.5 Å². The first kappa shape index (κ1) is 26.0. The Hall–Kier alpha value is -4.60. The molecule has 0 saturated carbocycles. The van der Waals surface area contributed by atoms with Crippen LogP contribution >= 0.6 is 0 Å². The molecule has 0 aliphatic heterocycles. The number of hydrogen-bond acceptors (Lipinski definition) is 8. The number of methoxy groups -OCH3 is 6. The first-order valence-corrected chi connectivity index (χ1v) is 10.7. The van der Waals surface area contributed by atoms with Crippen molar-refractivity contribution in [3.8, 4) is 34.5 Å². The van der Waals surface area contributed by atoms with Crippen LogP contribution in [0.3, 0.4) is 0 Å². The van der Waals surface area contributed by atoms with Gasteiger partial charge in [0.2, 0.25) is 11.5 Å². The summed E-state index contributed by atoms with van der Waals surface area (Å²) in [5.41, 5.74) is 1.70. The lowest BCUT2D eigenvalue weighted by molar-refractivity contribution is 0.101. The van der Waals surface area contributed by atoms with E-state index < -0.39 is 0 Å². The number of amides is 2. The van der Waals surface area contributed by atoms with E-state index in [0.717, 1.165) is 0 Å². The lowest BCUT2D eigenvalue weighted by atomic mass is 10.1. The van der Waals surface area contributed by atoms with Crippen LogP contribution in [0.5, 0.6) is 34.5 Å². The highest BCUT2D eigenvalue weighted by atomic mass is 16.5. The van der Waals surface area contributed by atoms with E-state index in [4.69, 9.17) is 28.4 Å². The Kier molecular flexibility index (Phi) is 8.45. The third-order valence-electron chi connectivity index (χ3n) is 5.25. The maximum absolute atomic E-state index is 12.8. The topological polar surface area (TPSA) is 114 Å². The lowest BCUT2D eigenvalue weighted by Crippen LogP contribution is -2.14. The molecule has 2 N–H and O–H groups in total. The molecule has 0 spiro atoms. The van der Waals surface area contributed by atoms with Crippen molar-refractivity contribution < 1.29 is 38.0 Å². The Morgan fingerprint density at radius 1 is 0.500 bits per heavy atom. The van der Waals surface area contributed by atoms with Crippen LogP contribution in [0.2, 0.25) is 0 Å². The van der Waals surface area contributed by atoms with Crippen LogP contribution < -0.4 is 39.1 Å². The molecule has 0 radical (unpaired) electrons. The largest absolute Gasteiger partial charge is 0.493 e. The van der Waals surface area contributed by atoms with Crippen molar-refractivity contribution in [3.63, 3.8) is 0 Å².